The second kappa shape index (κ2) is 4.92. The Bertz CT molecular complexity index is 555. The summed E-state index contributed by atoms with van der Waals surface area (Å²) < 4.78 is 35.9. The number of alkyl halides is 3. The predicted molar refractivity (Wildman–Crippen MR) is 54.7 cm³/mol. The van der Waals surface area contributed by atoms with Gasteiger partial charge in [-0.1, -0.05) is 0 Å². The van der Waals surface area contributed by atoms with Crippen molar-refractivity contribution in [2.24, 2.45) is 0 Å². The molecule has 7 nitrogen and oxygen atoms in total. The van der Waals surface area contributed by atoms with Gasteiger partial charge in [-0.25, -0.2) is 4.79 Å². The Morgan fingerprint density at radius 2 is 1.89 bits per heavy atom. The van der Waals surface area contributed by atoms with Crippen LogP contribution in [0.3, 0.4) is 0 Å². The van der Waals surface area contributed by atoms with Crippen LogP contribution in [0.1, 0.15) is 10.4 Å². The largest absolute Gasteiger partial charge is 0.477 e. The number of carboxylic acid groups (broad SMARTS) is 1. The molecule has 0 unspecified atom stereocenters. The molecule has 1 amide bonds. The van der Waals surface area contributed by atoms with E-state index in [2.05, 4.69) is 0 Å². The number of nitrogens with zero attached hydrogens (tertiary/aromatic N) is 1. The SMILES string of the molecule is O=C(O)c1cc(NC(=O)C(F)(F)F)ccc1[N+](=O)[O-]. The lowest BCUT2D eigenvalue weighted by atomic mass is 10.1. The van der Waals surface area contributed by atoms with Crippen molar-refractivity contribution >= 4 is 23.3 Å². The Kier molecular flexibility index (Phi) is 3.73. The van der Waals surface area contributed by atoms with E-state index in [0.717, 1.165) is 6.07 Å². The molecule has 0 spiro atoms. The lowest BCUT2D eigenvalue weighted by Gasteiger charge is -2.08. The summed E-state index contributed by atoms with van der Waals surface area (Å²) in [6.07, 6.45) is -5.15. The van der Waals surface area contributed by atoms with E-state index in [0.29, 0.717) is 12.1 Å². The summed E-state index contributed by atoms with van der Waals surface area (Å²) in [5, 5.41) is 20.6. The predicted octanol–water partition coefficient (Wildman–Crippen LogP) is 1.79. The number of hydrogen-bond acceptors (Lipinski definition) is 4. The van der Waals surface area contributed by atoms with Gasteiger partial charge in [0.15, 0.2) is 0 Å². The first-order valence-corrected chi connectivity index (χ1v) is 4.53. The third kappa shape index (κ3) is 3.40. The monoisotopic (exact) mass is 278 g/mol. The minimum absolute atomic E-state index is 0.509. The highest BCUT2D eigenvalue weighted by Crippen LogP contribution is 2.24. The second-order valence-corrected chi connectivity index (χ2v) is 3.25. The molecular formula is C9H5F3N2O5. The number of hydrogen-bond donors (Lipinski definition) is 2. The van der Waals surface area contributed by atoms with Gasteiger partial charge in [0.05, 0.1) is 4.92 Å². The number of nitrogens with one attached hydrogen (secondary N) is 1. The summed E-state index contributed by atoms with van der Waals surface area (Å²) in [5.41, 5.74) is -2.13. The Labute approximate surface area is 102 Å². The fourth-order valence-electron chi connectivity index (χ4n) is 1.15. The van der Waals surface area contributed by atoms with Crippen molar-refractivity contribution in [1.82, 2.24) is 0 Å². The molecule has 0 atom stereocenters. The van der Waals surface area contributed by atoms with Gasteiger partial charge in [0, 0.05) is 11.8 Å². The number of aromatic carboxylic acids is 1. The van der Waals surface area contributed by atoms with Crippen LogP contribution in [0.2, 0.25) is 0 Å². The van der Waals surface area contributed by atoms with E-state index in [-0.39, 0.29) is 0 Å². The number of carbonyl (C=O) groups is 2. The summed E-state index contributed by atoms with van der Waals surface area (Å²) in [5.74, 6) is -4.01. The molecule has 1 rings (SSSR count). The summed E-state index contributed by atoms with van der Waals surface area (Å²) in [6.45, 7) is 0. The van der Waals surface area contributed by atoms with E-state index in [9.17, 15) is 32.9 Å². The van der Waals surface area contributed by atoms with Gasteiger partial charge in [0.25, 0.3) is 5.69 Å². The lowest BCUT2D eigenvalue weighted by Crippen LogP contribution is -2.30. The zero-order valence-electron chi connectivity index (χ0n) is 8.89. The third-order valence-corrected chi connectivity index (χ3v) is 1.94. The minimum Gasteiger partial charge on any atom is -0.477 e. The van der Waals surface area contributed by atoms with Gasteiger partial charge < -0.3 is 10.4 Å². The Balaban J connectivity index is 3.13. The molecule has 0 saturated heterocycles. The van der Waals surface area contributed by atoms with Crippen molar-refractivity contribution in [1.29, 1.82) is 0 Å². The van der Waals surface area contributed by atoms with Crippen LogP contribution in [-0.2, 0) is 4.79 Å². The smallest absolute Gasteiger partial charge is 0.471 e. The van der Waals surface area contributed by atoms with Crippen LogP contribution in [0.5, 0.6) is 0 Å². The van der Waals surface area contributed by atoms with E-state index >= 15 is 0 Å². The number of carbonyl (C=O) groups excluding carboxylic acids is 1. The van der Waals surface area contributed by atoms with Crippen LogP contribution in [-0.4, -0.2) is 28.1 Å². The molecule has 0 aliphatic rings. The van der Waals surface area contributed by atoms with Gasteiger partial charge in [0.2, 0.25) is 0 Å². The first-order chi connectivity index (χ1) is 8.62. The molecule has 0 bridgehead atoms. The molecule has 1 aromatic carbocycles. The van der Waals surface area contributed by atoms with E-state index in [1.807, 2.05) is 0 Å². The van der Waals surface area contributed by atoms with Crippen LogP contribution in [0, 0.1) is 10.1 Å². The molecule has 10 heteroatoms. The zero-order valence-corrected chi connectivity index (χ0v) is 8.89. The van der Waals surface area contributed by atoms with Crippen LogP contribution >= 0.6 is 0 Å². The van der Waals surface area contributed by atoms with E-state index in [4.69, 9.17) is 5.11 Å². The van der Waals surface area contributed by atoms with E-state index < -0.39 is 39.9 Å². The number of nitro groups is 1. The highest BCUT2D eigenvalue weighted by Gasteiger charge is 2.38. The zero-order chi connectivity index (χ0) is 14.8. The molecule has 0 heterocycles. The van der Waals surface area contributed by atoms with E-state index in [1.54, 1.807) is 0 Å². The maximum absolute atomic E-state index is 12.0. The van der Waals surface area contributed by atoms with Crippen molar-refractivity contribution in [3.63, 3.8) is 0 Å². The maximum Gasteiger partial charge on any atom is 0.471 e. The summed E-state index contributed by atoms with van der Waals surface area (Å²) in [4.78, 5) is 30.8. The quantitative estimate of drug-likeness (QED) is 0.647. The first kappa shape index (κ1) is 14.4. The molecule has 0 saturated carbocycles. The van der Waals surface area contributed by atoms with Crippen LogP contribution in [0.4, 0.5) is 24.5 Å². The van der Waals surface area contributed by atoms with Crippen LogP contribution < -0.4 is 5.32 Å². The van der Waals surface area contributed by atoms with E-state index in [1.165, 1.54) is 5.32 Å². The highest BCUT2D eigenvalue weighted by atomic mass is 19.4. The van der Waals surface area contributed by atoms with Gasteiger partial charge in [-0.05, 0) is 12.1 Å². The third-order valence-electron chi connectivity index (χ3n) is 1.94. The minimum atomic E-state index is -5.15. The van der Waals surface area contributed by atoms with Gasteiger partial charge in [-0.2, -0.15) is 13.2 Å². The number of nitro benzene ring substituents is 1. The molecule has 1 aromatic rings. The van der Waals surface area contributed by atoms with Crippen molar-refractivity contribution in [2.75, 3.05) is 5.32 Å². The molecule has 19 heavy (non-hydrogen) atoms. The maximum atomic E-state index is 12.0. The molecule has 2 N–H and O–H groups in total. The fourth-order valence-corrected chi connectivity index (χ4v) is 1.15. The summed E-state index contributed by atoms with van der Waals surface area (Å²) in [7, 11) is 0. The van der Waals surface area contributed by atoms with Crippen molar-refractivity contribution in [3.8, 4) is 0 Å². The summed E-state index contributed by atoms with van der Waals surface area (Å²) in [6, 6.07) is 2.06. The van der Waals surface area contributed by atoms with Crippen molar-refractivity contribution in [3.05, 3.63) is 33.9 Å². The number of benzene rings is 1. The second-order valence-electron chi connectivity index (χ2n) is 3.25. The average Bonchev–Trinajstić information content (AvgIpc) is 2.27. The van der Waals surface area contributed by atoms with Gasteiger partial charge >= 0.3 is 18.1 Å². The molecule has 102 valence electrons. The molecule has 0 aliphatic heterocycles. The van der Waals surface area contributed by atoms with Crippen LogP contribution in [0.15, 0.2) is 18.2 Å². The van der Waals surface area contributed by atoms with Crippen molar-refractivity contribution in [2.45, 2.75) is 6.18 Å². The number of rotatable bonds is 3. The standard InChI is InChI=1S/C9H5F3N2O5/c10-9(11,12)8(17)13-4-1-2-6(14(18)19)5(3-4)7(15)16/h1-3H,(H,13,17)(H,15,16). The highest BCUT2D eigenvalue weighted by molar-refractivity contribution is 5.98. The van der Waals surface area contributed by atoms with Crippen molar-refractivity contribution < 1.29 is 32.8 Å². The number of carboxylic acids is 1. The van der Waals surface area contributed by atoms with Gasteiger partial charge in [0.1, 0.15) is 5.56 Å². The summed E-state index contributed by atoms with van der Waals surface area (Å²) >= 11 is 0. The van der Waals surface area contributed by atoms with Gasteiger partial charge in [-0.3, -0.25) is 14.9 Å². The molecule has 0 aliphatic carbocycles. The molecule has 0 fully saturated rings. The molecule has 0 aromatic heterocycles. The fraction of sp³-hybridized carbons (Fsp3) is 0.111. The molecule has 0 radical (unpaired) electrons. The number of amides is 1. The normalized spacial score (nSPS) is 10.9. The topological polar surface area (TPSA) is 110 Å². The first-order valence-electron chi connectivity index (χ1n) is 4.53. The Morgan fingerprint density at radius 1 is 1.32 bits per heavy atom. The van der Waals surface area contributed by atoms with Crippen LogP contribution in [0.25, 0.3) is 0 Å². The molecular weight excluding hydrogens is 273 g/mol. The Hall–Kier alpha value is -2.65. The average molecular weight is 278 g/mol. The number of halogens is 3. The lowest BCUT2D eigenvalue weighted by molar-refractivity contribution is -0.385. The Morgan fingerprint density at radius 3 is 2.32 bits per heavy atom. The number of anilines is 1. The van der Waals surface area contributed by atoms with Gasteiger partial charge in [-0.15, -0.1) is 0 Å².